The summed E-state index contributed by atoms with van der Waals surface area (Å²) < 4.78 is 5.14. The summed E-state index contributed by atoms with van der Waals surface area (Å²) >= 11 is 0. The second-order valence-corrected chi connectivity index (χ2v) is 8.16. The average Bonchev–Trinajstić information content (AvgIpc) is 2.84. The lowest BCUT2D eigenvalue weighted by Gasteiger charge is -2.32. The van der Waals surface area contributed by atoms with Gasteiger partial charge in [0.2, 0.25) is 0 Å². The molecule has 0 aliphatic carbocycles. The standard InChI is InChI=1S/C24H28N6O2/c1-29(2)22-14-20(27-23(28-22)21-15-25-10-11-26-21)18-8-12-30(13-9-18)24(31)19-6-4-17(5-7-19)16-32-3/h4-7,10-11,14-15,18H,8-9,12-13,16H2,1-3H3. The molecule has 32 heavy (non-hydrogen) atoms. The molecule has 0 bridgehead atoms. The van der Waals surface area contributed by atoms with Crippen LogP contribution in [0.3, 0.4) is 0 Å². The molecule has 8 nitrogen and oxygen atoms in total. The lowest BCUT2D eigenvalue weighted by Crippen LogP contribution is -2.38. The zero-order valence-corrected chi connectivity index (χ0v) is 18.7. The smallest absolute Gasteiger partial charge is 0.253 e. The number of nitrogens with zero attached hydrogens (tertiary/aromatic N) is 6. The second kappa shape index (κ2) is 9.82. The van der Waals surface area contributed by atoms with Crippen molar-refractivity contribution in [2.45, 2.75) is 25.4 Å². The molecule has 0 radical (unpaired) electrons. The summed E-state index contributed by atoms with van der Waals surface area (Å²) in [6.45, 7) is 1.94. The minimum absolute atomic E-state index is 0.0735. The van der Waals surface area contributed by atoms with E-state index >= 15 is 0 Å². The third kappa shape index (κ3) is 4.91. The van der Waals surface area contributed by atoms with Crippen LogP contribution in [-0.4, -0.2) is 65.0 Å². The molecule has 0 spiro atoms. The van der Waals surface area contributed by atoms with Crippen LogP contribution in [0.5, 0.6) is 0 Å². The van der Waals surface area contributed by atoms with Crippen molar-refractivity contribution in [2.75, 3.05) is 39.2 Å². The molecule has 4 rings (SSSR count). The molecule has 1 saturated heterocycles. The summed E-state index contributed by atoms with van der Waals surface area (Å²) in [5.41, 5.74) is 3.41. The number of carbonyl (C=O) groups is 1. The first-order valence-electron chi connectivity index (χ1n) is 10.7. The Kier molecular flexibility index (Phi) is 6.70. The van der Waals surface area contributed by atoms with E-state index in [0.29, 0.717) is 36.8 Å². The van der Waals surface area contributed by atoms with Crippen LogP contribution in [0.15, 0.2) is 48.9 Å². The van der Waals surface area contributed by atoms with Crippen molar-refractivity contribution in [2.24, 2.45) is 0 Å². The van der Waals surface area contributed by atoms with Crippen molar-refractivity contribution in [1.29, 1.82) is 0 Å². The highest BCUT2D eigenvalue weighted by atomic mass is 16.5. The first-order valence-corrected chi connectivity index (χ1v) is 10.7. The molecule has 166 valence electrons. The van der Waals surface area contributed by atoms with Gasteiger partial charge in [-0.15, -0.1) is 0 Å². The lowest BCUT2D eigenvalue weighted by molar-refractivity contribution is 0.0712. The van der Waals surface area contributed by atoms with Crippen LogP contribution in [0.25, 0.3) is 11.5 Å². The Labute approximate surface area is 188 Å². The van der Waals surface area contributed by atoms with Gasteiger partial charge in [0.25, 0.3) is 5.91 Å². The largest absolute Gasteiger partial charge is 0.380 e. The molecule has 3 aromatic rings. The predicted octanol–water partition coefficient (Wildman–Crippen LogP) is 3.17. The number of carbonyl (C=O) groups excluding carboxylic acids is 1. The first kappa shape index (κ1) is 21.8. The van der Waals surface area contributed by atoms with Gasteiger partial charge in [-0.1, -0.05) is 12.1 Å². The number of hydrogen-bond acceptors (Lipinski definition) is 7. The number of aromatic nitrogens is 4. The highest BCUT2D eigenvalue weighted by molar-refractivity contribution is 5.94. The van der Waals surface area contributed by atoms with Crippen LogP contribution >= 0.6 is 0 Å². The maximum absolute atomic E-state index is 12.9. The zero-order valence-electron chi connectivity index (χ0n) is 18.7. The van der Waals surface area contributed by atoms with Gasteiger partial charge in [0.15, 0.2) is 5.82 Å². The zero-order chi connectivity index (χ0) is 22.5. The van der Waals surface area contributed by atoms with Gasteiger partial charge < -0.3 is 14.5 Å². The summed E-state index contributed by atoms with van der Waals surface area (Å²) in [6, 6.07) is 9.69. The van der Waals surface area contributed by atoms with E-state index in [0.717, 1.165) is 29.9 Å². The third-order valence-corrected chi connectivity index (χ3v) is 5.70. The summed E-state index contributed by atoms with van der Waals surface area (Å²) in [7, 11) is 5.59. The number of hydrogen-bond donors (Lipinski definition) is 0. The Morgan fingerprint density at radius 2 is 1.88 bits per heavy atom. The van der Waals surface area contributed by atoms with E-state index in [9.17, 15) is 4.79 Å². The average molecular weight is 433 g/mol. The van der Waals surface area contributed by atoms with Crippen LogP contribution in [0.4, 0.5) is 5.82 Å². The van der Waals surface area contributed by atoms with E-state index in [1.54, 1.807) is 25.7 Å². The van der Waals surface area contributed by atoms with E-state index in [1.807, 2.05) is 54.2 Å². The van der Waals surface area contributed by atoms with Crippen LogP contribution in [0.2, 0.25) is 0 Å². The Hall–Kier alpha value is -3.39. The fraction of sp³-hybridized carbons (Fsp3) is 0.375. The number of amides is 1. The normalized spacial score (nSPS) is 14.4. The van der Waals surface area contributed by atoms with E-state index in [1.165, 1.54) is 0 Å². The topological polar surface area (TPSA) is 84.3 Å². The lowest BCUT2D eigenvalue weighted by atomic mass is 9.92. The number of rotatable bonds is 6. The minimum atomic E-state index is 0.0735. The maximum Gasteiger partial charge on any atom is 0.253 e. The summed E-state index contributed by atoms with van der Waals surface area (Å²) in [4.78, 5) is 34.8. The van der Waals surface area contributed by atoms with Crippen LogP contribution < -0.4 is 4.90 Å². The Morgan fingerprint density at radius 1 is 1.12 bits per heavy atom. The van der Waals surface area contributed by atoms with Crippen molar-refractivity contribution in [3.05, 3.63) is 65.7 Å². The molecule has 1 fully saturated rings. The summed E-state index contributed by atoms with van der Waals surface area (Å²) in [6.07, 6.45) is 6.68. The van der Waals surface area contributed by atoms with Gasteiger partial charge >= 0.3 is 0 Å². The number of ether oxygens (including phenoxy) is 1. The molecule has 1 amide bonds. The Bertz CT molecular complexity index is 1050. The van der Waals surface area contributed by atoms with Gasteiger partial charge in [0.05, 0.1) is 12.8 Å². The maximum atomic E-state index is 12.9. The SMILES string of the molecule is COCc1ccc(C(=O)N2CCC(c3cc(N(C)C)nc(-c4cnccn4)n3)CC2)cc1. The molecule has 2 aromatic heterocycles. The number of likely N-dealkylation sites (tertiary alicyclic amines) is 1. The fourth-order valence-electron chi connectivity index (χ4n) is 3.89. The van der Waals surface area contributed by atoms with Crippen LogP contribution in [0, 0.1) is 0 Å². The van der Waals surface area contributed by atoms with Gasteiger partial charge in [-0.25, -0.2) is 15.0 Å². The van der Waals surface area contributed by atoms with Crippen LogP contribution in [-0.2, 0) is 11.3 Å². The molecule has 0 unspecified atom stereocenters. The van der Waals surface area contributed by atoms with Crippen molar-refractivity contribution in [3.63, 3.8) is 0 Å². The summed E-state index contributed by atoms with van der Waals surface area (Å²) in [5.74, 6) is 1.75. The molecule has 8 heteroatoms. The number of piperidine rings is 1. The highest BCUT2D eigenvalue weighted by Gasteiger charge is 2.26. The Morgan fingerprint density at radius 3 is 2.50 bits per heavy atom. The number of methoxy groups -OCH3 is 1. The molecule has 1 aromatic carbocycles. The monoisotopic (exact) mass is 432 g/mol. The number of benzene rings is 1. The van der Waals surface area contributed by atoms with Crippen molar-refractivity contribution in [3.8, 4) is 11.5 Å². The molecule has 0 atom stereocenters. The molecule has 3 heterocycles. The van der Waals surface area contributed by atoms with E-state index in [-0.39, 0.29) is 11.8 Å². The van der Waals surface area contributed by atoms with Crippen molar-refractivity contribution >= 4 is 11.7 Å². The molecule has 1 aliphatic heterocycles. The van der Waals surface area contributed by atoms with Gasteiger partial charge in [0.1, 0.15) is 11.5 Å². The fourth-order valence-corrected chi connectivity index (χ4v) is 3.89. The molecular formula is C24H28N6O2. The molecule has 0 N–H and O–H groups in total. The van der Waals surface area contributed by atoms with Gasteiger partial charge in [0, 0.05) is 69.9 Å². The molecule has 0 saturated carbocycles. The predicted molar refractivity (Wildman–Crippen MR) is 122 cm³/mol. The highest BCUT2D eigenvalue weighted by Crippen LogP contribution is 2.30. The summed E-state index contributed by atoms with van der Waals surface area (Å²) in [5, 5.41) is 0. The third-order valence-electron chi connectivity index (χ3n) is 5.70. The van der Waals surface area contributed by atoms with E-state index in [2.05, 4.69) is 15.0 Å². The van der Waals surface area contributed by atoms with Crippen molar-refractivity contribution in [1.82, 2.24) is 24.8 Å². The van der Waals surface area contributed by atoms with E-state index < -0.39 is 0 Å². The van der Waals surface area contributed by atoms with E-state index in [4.69, 9.17) is 9.72 Å². The number of anilines is 1. The molecule has 1 aliphatic rings. The van der Waals surface area contributed by atoms with Gasteiger partial charge in [-0.2, -0.15) is 0 Å². The first-order chi connectivity index (χ1) is 15.5. The second-order valence-electron chi connectivity index (χ2n) is 8.16. The quantitative estimate of drug-likeness (QED) is 0.591. The van der Waals surface area contributed by atoms with Crippen molar-refractivity contribution < 1.29 is 9.53 Å². The van der Waals surface area contributed by atoms with Gasteiger partial charge in [-0.3, -0.25) is 9.78 Å². The van der Waals surface area contributed by atoms with Crippen LogP contribution in [0.1, 0.15) is 40.4 Å². The minimum Gasteiger partial charge on any atom is -0.380 e. The Balaban J connectivity index is 1.48. The van der Waals surface area contributed by atoms with Gasteiger partial charge in [-0.05, 0) is 30.5 Å². The molecular weight excluding hydrogens is 404 g/mol.